The summed E-state index contributed by atoms with van der Waals surface area (Å²) in [7, 11) is 4.16. The Kier molecular flexibility index (Phi) is 5.50. The lowest BCUT2D eigenvalue weighted by molar-refractivity contribution is 0.254. The number of nitrogens with one attached hydrogen (secondary N) is 2. The molecule has 0 aliphatic rings. The van der Waals surface area contributed by atoms with Gasteiger partial charge in [0, 0.05) is 25.6 Å². The van der Waals surface area contributed by atoms with E-state index in [9.17, 15) is 0 Å². The van der Waals surface area contributed by atoms with Gasteiger partial charge in [0.25, 0.3) is 0 Å². The summed E-state index contributed by atoms with van der Waals surface area (Å²) in [5.74, 6) is 7.65. The smallest absolute Gasteiger partial charge is 0.145 e. The van der Waals surface area contributed by atoms with E-state index in [0.29, 0.717) is 5.82 Å². The van der Waals surface area contributed by atoms with Gasteiger partial charge < -0.3 is 15.6 Å². The molecule has 0 spiro atoms. The number of anilines is 2. The van der Waals surface area contributed by atoms with E-state index in [1.54, 1.807) is 0 Å². The van der Waals surface area contributed by atoms with E-state index in [1.807, 2.05) is 13.0 Å². The Morgan fingerprint density at radius 2 is 1.89 bits per heavy atom. The number of nitrogens with two attached hydrogens (primary N) is 1. The van der Waals surface area contributed by atoms with Gasteiger partial charge in [-0.25, -0.2) is 15.8 Å². The van der Waals surface area contributed by atoms with Gasteiger partial charge in [-0.1, -0.05) is 20.8 Å². The lowest BCUT2D eigenvalue weighted by Gasteiger charge is -2.28. The number of hydrogen-bond acceptors (Lipinski definition) is 6. The molecule has 0 aromatic carbocycles. The molecule has 0 unspecified atom stereocenters. The maximum absolute atomic E-state index is 5.42. The predicted molar refractivity (Wildman–Crippen MR) is 80.0 cm³/mol. The largest absolute Gasteiger partial charge is 0.369 e. The fraction of sp³-hybridized carbons (Fsp3) is 0.692. The molecule has 0 saturated carbocycles. The van der Waals surface area contributed by atoms with Gasteiger partial charge in [0.1, 0.15) is 17.5 Å². The van der Waals surface area contributed by atoms with Crippen LogP contribution >= 0.6 is 0 Å². The van der Waals surface area contributed by atoms with Gasteiger partial charge in [-0.2, -0.15) is 0 Å². The van der Waals surface area contributed by atoms with Crippen molar-refractivity contribution in [2.75, 3.05) is 37.9 Å². The van der Waals surface area contributed by atoms with E-state index >= 15 is 0 Å². The first kappa shape index (κ1) is 15.7. The second-order valence-corrected chi connectivity index (χ2v) is 5.81. The first-order valence-electron chi connectivity index (χ1n) is 6.59. The lowest BCUT2D eigenvalue weighted by atomic mass is 9.93. The second-order valence-electron chi connectivity index (χ2n) is 5.81. The van der Waals surface area contributed by atoms with Gasteiger partial charge in [0.2, 0.25) is 0 Å². The third kappa shape index (κ3) is 5.40. The Labute approximate surface area is 115 Å². The highest BCUT2D eigenvalue weighted by Crippen LogP contribution is 2.18. The average molecular weight is 266 g/mol. The van der Waals surface area contributed by atoms with Gasteiger partial charge in [0.15, 0.2) is 0 Å². The SMILES string of the molecule is CCc1nc(NN)cc(NCC(C)(C)CN(C)C)n1. The van der Waals surface area contributed by atoms with E-state index in [4.69, 9.17) is 5.84 Å². The summed E-state index contributed by atoms with van der Waals surface area (Å²) in [6, 6.07) is 1.82. The van der Waals surface area contributed by atoms with Crippen molar-refractivity contribution in [3.05, 3.63) is 11.9 Å². The highest BCUT2D eigenvalue weighted by Gasteiger charge is 2.19. The number of hydrogen-bond donors (Lipinski definition) is 3. The fourth-order valence-electron chi connectivity index (χ4n) is 2.06. The molecule has 0 saturated heterocycles. The molecular weight excluding hydrogens is 240 g/mol. The molecule has 1 heterocycles. The third-order valence-electron chi connectivity index (χ3n) is 2.73. The van der Waals surface area contributed by atoms with Crippen LogP contribution in [0.15, 0.2) is 6.07 Å². The summed E-state index contributed by atoms with van der Waals surface area (Å²) in [5, 5.41) is 3.37. The van der Waals surface area contributed by atoms with Crippen LogP contribution < -0.4 is 16.6 Å². The van der Waals surface area contributed by atoms with Crippen LogP contribution in [0.4, 0.5) is 11.6 Å². The normalized spacial score (nSPS) is 11.7. The van der Waals surface area contributed by atoms with E-state index in [0.717, 1.165) is 31.2 Å². The summed E-state index contributed by atoms with van der Waals surface area (Å²) in [4.78, 5) is 10.9. The van der Waals surface area contributed by atoms with Crippen LogP contribution in [0.25, 0.3) is 0 Å². The van der Waals surface area contributed by atoms with Gasteiger partial charge in [-0.05, 0) is 19.5 Å². The first-order chi connectivity index (χ1) is 8.86. The van der Waals surface area contributed by atoms with Crippen LogP contribution in [0.3, 0.4) is 0 Å². The summed E-state index contributed by atoms with van der Waals surface area (Å²) in [5.41, 5.74) is 2.74. The van der Waals surface area contributed by atoms with Crippen molar-refractivity contribution in [3.8, 4) is 0 Å². The maximum Gasteiger partial charge on any atom is 0.145 e. The van der Waals surface area contributed by atoms with Crippen molar-refractivity contribution >= 4 is 11.6 Å². The molecule has 6 nitrogen and oxygen atoms in total. The van der Waals surface area contributed by atoms with E-state index < -0.39 is 0 Å². The zero-order valence-corrected chi connectivity index (χ0v) is 12.6. The number of nitrogens with zero attached hydrogens (tertiary/aromatic N) is 3. The molecule has 1 aromatic rings. The van der Waals surface area contributed by atoms with Gasteiger partial charge in [-0.3, -0.25) is 0 Å². The van der Waals surface area contributed by atoms with Gasteiger partial charge in [-0.15, -0.1) is 0 Å². The van der Waals surface area contributed by atoms with E-state index in [2.05, 4.69) is 53.6 Å². The third-order valence-corrected chi connectivity index (χ3v) is 2.73. The quantitative estimate of drug-likeness (QED) is 0.510. The molecular formula is C13H26N6. The van der Waals surface area contributed by atoms with Gasteiger partial charge in [0.05, 0.1) is 0 Å². The van der Waals surface area contributed by atoms with Crippen LogP contribution in [-0.4, -0.2) is 42.1 Å². The molecule has 108 valence electrons. The van der Waals surface area contributed by atoms with Crippen LogP contribution in [0.2, 0.25) is 0 Å². The molecule has 0 radical (unpaired) electrons. The van der Waals surface area contributed by atoms with E-state index in [-0.39, 0.29) is 5.41 Å². The van der Waals surface area contributed by atoms with Crippen LogP contribution in [0.1, 0.15) is 26.6 Å². The fourth-order valence-corrected chi connectivity index (χ4v) is 2.06. The number of nitrogen functional groups attached to an aromatic ring is 1. The minimum atomic E-state index is 0.164. The Balaban J connectivity index is 2.71. The Bertz CT molecular complexity index is 380. The Morgan fingerprint density at radius 3 is 2.42 bits per heavy atom. The monoisotopic (exact) mass is 266 g/mol. The van der Waals surface area contributed by atoms with Crippen molar-refractivity contribution < 1.29 is 0 Å². The Hall–Kier alpha value is -1.40. The summed E-state index contributed by atoms with van der Waals surface area (Å²) in [6.07, 6.45) is 0.783. The molecule has 1 rings (SSSR count). The van der Waals surface area contributed by atoms with Crippen LogP contribution in [0, 0.1) is 5.41 Å². The van der Waals surface area contributed by atoms with Crippen molar-refractivity contribution in [1.82, 2.24) is 14.9 Å². The Morgan fingerprint density at radius 1 is 1.26 bits per heavy atom. The standard InChI is InChI=1S/C13H26N6/c1-6-10-16-11(7-12(17-10)18-14)15-8-13(2,3)9-19(4)5/h7H,6,8-9,14H2,1-5H3,(H2,15,16,17,18). The predicted octanol–water partition coefficient (Wildman–Crippen LogP) is 1.32. The van der Waals surface area contributed by atoms with Crippen molar-refractivity contribution in [2.24, 2.45) is 11.3 Å². The maximum atomic E-state index is 5.42. The number of aromatic nitrogens is 2. The molecule has 0 aliphatic carbocycles. The van der Waals surface area contributed by atoms with Crippen molar-refractivity contribution in [3.63, 3.8) is 0 Å². The molecule has 0 aliphatic heterocycles. The molecule has 1 aromatic heterocycles. The highest BCUT2D eigenvalue weighted by atomic mass is 15.3. The van der Waals surface area contributed by atoms with Crippen LogP contribution in [0.5, 0.6) is 0 Å². The number of rotatable bonds is 7. The minimum absolute atomic E-state index is 0.164. The molecule has 19 heavy (non-hydrogen) atoms. The lowest BCUT2D eigenvalue weighted by Crippen LogP contribution is -2.34. The summed E-state index contributed by atoms with van der Waals surface area (Å²) >= 11 is 0. The van der Waals surface area contributed by atoms with Gasteiger partial charge >= 0.3 is 0 Å². The average Bonchev–Trinajstić information content (AvgIpc) is 2.34. The summed E-state index contributed by atoms with van der Waals surface area (Å²) < 4.78 is 0. The molecule has 0 fully saturated rings. The van der Waals surface area contributed by atoms with Crippen molar-refractivity contribution in [1.29, 1.82) is 0 Å². The van der Waals surface area contributed by atoms with E-state index in [1.165, 1.54) is 0 Å². The number of aryl methyl sites for hydroxylation is 1. The first-order valence-corrected chi connectivity index (χ1v) is 6.59. The number of hydrazine groups is 1. The second kappa shape index (κ2) is 6.68. The summed E-state index contributed by atoms with van der Waals surface area (Å²) in [6.45, 7) is 8.33. The van der Waals surface area contributed by atoms with Crippen molar-refractivity contribution in [2.45, 2.75) is 27.2 Å². The minimum Gasteiger partial charge on any atom is -0.369 e. The zero-order chi connectivity index (χ0) is 14.5. The zero-order valence-electron chi connectivity index (χ0n) is 12.6. The molecule has 4 N–H and O–H groups in total. The molecule has 0 amide bonds. The highest BCUT2D eigenvalue weighted by molar-refractivity contribution is 5.47. The van der Waals surface area contributed by atoms with Crippen LogP contribution in [-0.2, 0) is 6.42 Å². The molecule has 6 heteroatoms. The topological polar surface area (TPSA) is 79.1 Å². The molecule has 0 atom stereocenters. The molecule has 0 bridgehead atoms.